The first kappa shape index (κ1) is 14.0. The lowest BCUT2D eigenvalue weighted by Gasteiger charge is -2.22. The third kappa shape index (κ3) is 2.92. The molecule has 0 aromatic heterocycles. The fourth-order valence-electron chi connectivity index (χ4n) is 2.00. The van der Waals surface area contributed by atoms with E-state index in [0.29, 0.717) is 17.0 Å². The van der Waals surface area contributed by atoms with Crippen molar-refractivity contribution in [3.05, 3.63) is 53.6 Å². The molecular weight excluding hydrogens is 248 g/mol. The third-order valence-corrected chi connectivity index (χ3v) is 3.07. The highest BCUT2D eigenvalue weighted by Gasteiger charge is 2.18. The molecule has 0 aliphatic carbocycles. The summed E-state index contributed by atoms with van der Waals surface area (Å²) in [5.41, 5.74) is 7.71. The number of hydrogen-bond acceptors (Lipinski definition) is 3. The second-order valence-electron chi connectivity index (χ2n) is 5.71. The van der Waals surface area contributed by atoms with Crippen LogP contribution in [-0.2, 0) is 5.41 Å². The summed E-state index contributed by atoms with van der Waals surface area (Å²) in [6, 6.07) is 15.1. The van der Waals surface area contributed by atoms with E-state index < -0.39 is 0 Å². The summed E-state index contributed by atoms with van der Waals surface area (Å²) >= 11 is 0. The molecule has 102 valence electrons. The van der Waals surface area contributed by atoms with Gasteiger partial charge in [-0.15, -0.1) is 0 Å². The molecule has 20 heavy (non-hydrogen) atoms. The van der Waals surface area contributed by atoms with Gasteiger partial charge < -0.3 is 10.5 Å². The molecule has 0 amide bonds. The summed E-state index contributed by atoms with van der Waals surface area (Å²) in [7, 11) is 0. The predicted molar refractivity (Wildman–Crippen MR) is 80.8 cm³/mol. The van der Waals surface area contributed by atoms with Crippen LogP contribution in [0.4, 0.5) is 5.69 Å². The van der Waals surface area contributed by atoms with Gasteiger partial charge in [0.15, 0.2) is 0 Å². The van der Waals surface area contributed by atoms with Crippen molar-refractivity contribution >= 4 is 5.69 Å². The second-order valence-corrected chi connectivity index (χ2v) is 5.71. The van der Waals surface area contributed by atoms with E-state index in [2.05, 4.69) is 32.9 Å². The highest BCUT2D eigenvalue weighted by molar-refractivity contribution is 5.57. The van der Waals surface area contributed by atoms with Gasteiger partial charge >= 0.3 is 0 Å². The number of benzene rings is 2. The Balaban J connectivity index is 2.39. The van der Waals surface area contributed by atoms with Crippen molar-refractivity contribution in [1.29, 1.82) is 5.26 Å². The summed E-state index contributed by atoms with van der Waals surface area (Å²) in [5, 5.41) is 9.01. The van der Waals surface area contributed by atoms with E-state index >= 15 is 0 Å². The zero-order valence-electron chi connectivity index (χ0n) is 12.0. The monoisotopic (exact) mass is 266 g/mol. The maximum Gasteiger partial charge on any atom is 0.131 e. The smallest absolute Gasteiger partial charge is 0.131 e. The first-order chi connectivity index (χ1) is 9.41. The second kappa shape index (κ2) is 5.26. The molecule has 0 fully saturated rings. The Bertz CT molecular complexity index is 663. The maximum atomic E-state index is 9.01. The SMILES string of the molecule is CC(C)(C)c1ccccc1Oc1ccc(N)c(C#N)c1. The summed E-state index contributed by atoms with van der Waals surface area (Å²) in [4.78, 5) is 0. The van der Waals surface area contributed by atoms with Crippen molar-refractivity contribution < 1.29 is 4.74 Å². The van der Waals surface area contributed by atoms with Crippen molar-refractivity contribution in [3.63, 3.8) is 0 Å². The molecule has 0 spiro atoms. The highest BCUT2D eigenvalue weighted by Crippen LogP contribution is 2.34. The molecule has 0 bridgehead atoms. The van der Waals surface area contributed by atoms with Crippen molar-refractivity contribution in [2.75, 3.05) is 5.73 Å². The topological polar surface area (TPSA) is 59.0 Å². The average Bonchev–Trinajstić information content (AvgIpc) is 2.40. The van der Waals surface area contributed by atoms with Crippen LogP contribution in [0.5, 0.6) is 11.5 Å². The quantitative estimate of drug-likeness (QED) is 0.827. The van der Waals surface area contributed by atoms with Crippen LogP contribution in [0.3, 0.4) is 0 Å². The molecule has 0 heterocycles. The Morgan fingerprint density at radius 1 is 1.10 bits per heavy atom. The van der Waals surface area contributed by atoms with Crippen LogP contribution < -0.4 is 10.5 Å². The first-order valence-electron chi connectivity index (χ1n) is 6.49. The number of anilines is 1. The minimum Gasteiger partial charge on any atom is -0.457 e. The van der Waals surface area contributed by atoms with Gasteiger partial charge in [-0.25, -0.2) is 0 Å². The van der Waals surface area contributed by atoms with Crippen LogP contribution in [0.25, 0.3) is 0 Å². The number of nitrogen functional groups attached to an aromatic ring is 1. The van der Waals surface area contributed by atoms with Crippen LogP contribution in [0.15, 0.2) is 42.5 Å². The highest BCUT2D eigenvalue weighted by atomic mass is 16.5. The van der Waals surface area contributed by atoms with E-state index in [-0.39, 0.29) is 5.41 Å². The molecule has 0 saturated carbocycles. The van der Waals surface area contributed by atoms with Crippen molar-refractivity contribution in [2.45, 2.75) is 26.2 Å². The van der Waals surface area contributed by atoms with Gasteiger partial charge in [0.2, 0.25) is 0 Å². The average molecular weight is 266 g/mol. The standard InChI is InChI=1S/C17H18N2O/c1-17(2,3)14-6-4-5-7-16(14)20-13-8-9-15(19)12(10-13)11-18/h4-10H,19H2,1-3H3. The van der Waals surface area contributed by atoms with Crippen molar-refractivity contribution in [2.24, 2.45) is 0 Å². The van der Waals surface area contributed by atoms with E-state index in [4.69, 9.17) is 15.7 Å². The van der Waals surface area contributed by atoms with Gasteiger partial charge in [0.25, 0.3) is 0 Å². The molecule has 2 aromatic rings. The number of nitriles is 1. The van der Waals surface area contributed by atoms with Crippen LogP contribution >= 0.6 is 0 Å². The van der Waals surface area contributed by atoms with E-state index in [0.717, 1.165) is 11.3 Å². The molecule has 0 saturated heterocycles. The van der Waals surface area contributed by atoms with Crippen molar-refractivity contribution in [1.82, 2.24) is 0 Å². The zero-order chi connectivity index (χ0) is 14.8. The first-order valence-corrected chi connectivity index (χ1v) is 6.49. The number of nitrogens with zero attached hydrogens (tertiary/aromatic N) is 1. The maximum absolute atomic E-state index is 9.01. The minimum absolute atomic E-state index is 0.0114. The van der Waals surface area contributed by atoms with Gasteiger partial charge in [0.05, 0.1) is 5.56 Å². The Hall–Kier alpha value is -2.47. The molecule has 2 aromatic carbocycles. The number of nitrogens with two attached hydrogens (primary N) is 1. The largest absolute Gasteiger partial charge is 0.457 e. The van der Waals surface area contributed by atoms with Gasteiger partial charge in [-0.05, 0) is 23.6 Å². The molecule has 0 aliphatic rings. The lowest BCUT2D eigenvalue weighted by molar-refractivity contribution is 0.455. The van der Waals surface area contributed by atoms with Crippen LogP contribution in [0.1, 0.15) is 31.9 Å². The normalized spacial score (nSPS) is 10.9. The Kier molecular flexibility index (Phi) is 3.67. The fourth-order valence-corrected chi connectivity index (χ4v) is 2.00. The van der Waals surface area contributed by atoms with Gasteiger partial charge in [0, 0.05) is 17.3 Å². The van der Waals surface area contributed by atoms with Crippen LogP contribution in [-0.4, -0.2) is 0 Å². The molecule has 0 atom stereocenters. The number of para-hydroxylation sites is 1. The molecule has 2 rings (SSSR count). The van der Waals surface area contributed by atoms with Gasteiger partial charge in [0.1, 0.15) is 17.6 Å². The summed E-state index contributed by atoms with van der Waals surface area (Å²) in [6.45, 7) is 6.41. The summed E-state index contributed by atoms with van der Waals surface area (Å²) in [5.74, 6) is 1.42. The van der Waals surface area contributed by atoms with Gasteiger partial charge in [-0.1, -0.05) is 39.0 Å². The molecule has 0 aliphatic heterocycles. The number of ether oxygens (including phenoxy) is 1. The van der Waals surface area contributed by atoms with E-state index in [1.54, 1.807) is 18.2 Å². The fraction of sp³-hybridized carbons (Fsp3) is 0.235. The van der Waals surface area contributed by atoms with Crippen LogP contribution in [0, 0.1) is 11.3 Å². The number of rotatable bonds is 2. The Labute approximate surface area is 119 Å². The molecule has 3 nitrogen and oxygen atoms in total. The zero-order valence-corrected chi connectivity index (χ0v) is 12.0. The van der Waals surface area contributed by atoms with E-state index in [1.807, 2.05) is 18.2 Å². The van der Waals surface area contributed by atoms with Crippen molar-refractivity contribution in [3.8, 4) is 17.6 Å². The number of hydrogen-bond donors (Lipinski definition) is 1. The molecule has 3 heteroatoms. The van der Waals surface area contributed by atoms with E-state index in [9.17, 15) is 0 Å². The third-order valence-electron chi connectivity index (χ3n) is 3.07. The Morgan fingerprint density at radius 2 is 1.80 bits per heavy atom. The lowest BCUT2D eigenvalue weighted by atomic mass is 9.86. The molecule has 0 radical (unpaired) electrons. The predicted octanol–water partition coefficient (Wildman–Crippen LogP) is 4.23. The summed E-state index contributed by atoms with van der Waals surface area (Å²) < 4.78 is 5.93. The molecule has 2 N–H and O–H groups in total. The van der Waals surface area contributed by atoms with Gasteiger partial charge in [-0.3, -0.25) is 0 Å². The molecular formula is C17H18N2O. The minimum atomic E-state index is -0.0114. The van der Waals surface area contributed by atoms with Crippen LogP contribution in [0.2, 0.25) is 0 Å². The lowest BCUT2D eigenvalue weighted by Crippen LogP contribution is -2.12. The Morgan fingerprint density at radius 3 is 2.45 bits per heavy atom. The van der Waals surface area contributed by atoms with E-state index in [1.165, 1.54) is 0 Å². The van der Waals surface area contributed by atoms with Gasteiger partial charge in [-0.2, -0.15) is 5.26 Å². The summed E-state index contributed by atoms with van der Waals surface area (Å²) in [6.07, 6.45) is 0. The molecule has 0 unspecified atom stereocenters.